The quantitative estimate of drug-likeness (QED) is 0.749. The van der Waals surface area contributed by atoms with Gasteiger partial charge in [-0.05, 0) is 13.0 Å². The van der Waals surface area contributed by atoms with E-state index in [1.807, 2.05) is 27.4 Å². The number of aromatic amines is 1. The Kier molecular flexibility index (Phi) is 3.79. The largest absolute Gasteiger partial charge is 0.449 e. The second kappa shape index (κ2) is 5.90. The maximum atomic E-state index is 12.8. The lowest BCUT2D eigenvalue weighted by Crippen LogP contribution is -2.37. The van der Waals surface area contributed by atoms with Gasteiger partial charge in [0.05, 0.1) is 22.6 Å². The van der Waals surface area contributed by atoms with Gasteiger partial charge in [0.15, 0.2) is 0 Å². The van der Waals surface area contributed by atoms with Crippen molar-refractivity contribution in [1.29, 1.82) is 0 Å². The van der Waals surface area contributed by atoms with Gasteiger partial charge in [-0.25, -0.2) is 15.0 Å². The number of imidazole rings is 1. The van der Waals surface area contributed by atoms with Gasteiger partial charge in [-0.3, -0.25) is 14.1 Å². The molecule has 136 valence electrons. The minimum Gasteiger partial charge on any atom is -0.303 e. The Labute approximate surface area is 145 Å². The van der Waals surface area contributed by atoms with Gasteiger partial charge in [-0.2, -0.15) is 13.2 Å². The molecule has 0 saturated carbocycles. The van der Waals surface area contributed by atoms with Crippen LogP contribution >= 0.6 is 0 Å². The highest BCUT2D eigenvalue weighted by Gasteiger charge is 2.36. The Balaban J connectivity index is 1.63. The summed E-state index contributed by atoms with van der Waals surface area (Å²) in [6.07, 6.45) is -0.853. The predicted octanol–water partition coefficient (Wildman–Crippen LogP) is 1.70. The van der Waals surface area contributed by atoms with E-state index in [0.717, 1.165) is 11.4 Å². The summed E-state index contributed by atoms with van der Waals surface area (Å²) in [4.78, 5) is 28.2. The molecule has 0 aliphatic carbocycles. The van der Waals surface area contributed by atoms with E-state index in [9.17, 15) is 18.0 Å². The van der Waals surface area contributed by atoms with E-state index < -0.39 is 17.6 Å². The van der Waals surface area contributed by atoms with Crippen molar-refractivity contribution in [3.63, 3.8) is 0 Å². The Hall–Kier alpha value is -2.75. The van der Waals surface area contributed by atoms with Crippen molar-refractivity contribution in [1.82, 2.24) is 29.2 Å². The SMILES string of the molecule is Cc1nc2ncccn2c1CN1CCc2nc(C(F)(F)F)[nH]c(=O)c2C1. The summed E-state index contributed by atoms with van der Waals surface area (Å²) in [5.74, 6) is -0.648. The Morgan fingerprint density at radius 3 is 2.88 bits per heavy atom. The third-order valence-electron chi connectivity index (χ3n) is 4.49. The maximum absolute atomic E-state index is 12.8. The van der Waals surface area contributed by atoms with Crippen LogP contribution < -0.4 is 5.56 Å². The second-order valence-corrected chi connectivity index (χ2v) is 6.23. The first-order chi connectivity index (χ1) is 12.3. The summed E-state index contributed by atoms with van der Waals surface area (Å²) in [5.41, 5.74) is 1.54. The molecule has 0 fully saturated rings. The average molecular weight is 364 g/mol. The fourth-order valence-electron chi connectivity index (χ4n) is 3.20. The van der Waals surface area contributed by atoms with E-state index in [2.05, 4.69) is 15.0 Å². The number of nitrogens with zero attached hydrogens (tertiary/aromatic N) is 5. The molecule has 1 N–H and O–H groups in total. The molecule has 4 heterocycles. The predicted molar refractivity (Wildman–Crippen MR) is 85.4 cm³/mol. The molecule has 0 atom stereocenters. The molecule has 0 aromatic carbocycles. The normalized spacial score (nSPS) is 15.4. The van der Waals surface area contributed by atoms with E-state index >= 15 is 0 Å². The van der Waals surface area contributed by atoms with Crippen molar-refractivity contribution in [2.24, 2.45) is 0 Å². The molecule has 3 aromatic heterocycles. The second-order valence-electron chi connectivity index (χ2n) is 6.23. The van der Waals surface area contributed by atoms with Gasteiger partial charge in [-0.1, -0.05) is 0 Å². The molecular weight excluding hydrogens is 349 g/mol. The number of rotatable bonds is 2. The zero-order chi connectivity index (χ0) is 18.5. The zero-order valence-corrected chi connectivity index (χ0v) is 13.8. The third kappa shape index (κ3) is 2.85. The molecule has 0 saturated heterocycles. The molecule has 0 unspecified atom stereocenters. The Morgan fingerprint density at radius 1 is 1.31 bits per heavy atom. The Morgan fingerprint density at radius 2 is 2.12 bits per heavy atom. The van der Waals surface area contributed by atoms with Crippen molar-refractivity contribution in [3.8, 4) is 0 Å². The van der Waals surface area contributed by atoms with Crippen molar-refractivity contribution in [2.45, 2.75) is 32.6 Å². The summed E-state index contributed by atoms with van der Waals surface area (Å²) in [6, 6.07) is 1.80. The van der Waals surface area contributed by atoms with Crippen LogP contribution in [0.2, 0.25) is 0 Å². The summed E-state index contributed by atoms with van der Waals surface area (Å²) in [6.45, 7) is 3.14. The number of halogens is 3. The minimum atomic E-state index is -4.66. The number of aryl methyl sites for hydroxylation is 1. The molecule has 4 rings (SSSR count). The highest BCUT2D eigenvalue weighted by molar-refractivity contribution is 5.35. The summed E-state index contributed by atoms with van der Waals surface area (Å²) >= 11 is 0. The van der Waals surface area contributed by atoms with Crippen LogP contribution in [0.3, 0.4) is 0 Å². The van der Waals surface area contributed by atoms with E-state index in [4.69, 9.17) is 0 Å². The number of nitrogens with one attached hydrogen (secondary N) is 1. The van der Waals surface area contributed by atoms with Crippen LogP contribution in [0.4, 0.5) is 13.2 Å². The van der Waals surface area contributed by atoms with Gasteiger partial charge in [0.1, 0.15) is 0 Å². The molecule has 10 heteroatoms. The molecule has 0 bridgehead atoms. The highest BCUT2D eigenvalue weighted by Crippen LogP contribution is 2.27. The van der Waals surface area contributed by atoms with Crippen molar-refractivity contribution < 1.29 is 13.2 Å². The van der Waals surface area contributed by atoms with Crippen LogP contribution in [-0.2, 0) is 25.7 Å². The lowest BCUT2D eigenvalue weighted by Gasteiger charge is -2.27. The number of fused-ring (bicyclic) bond motifs is 2. The molecule has 0 amide bonds. The van der Waals surface area contributed by atoms with Gasteiger partial charge >= 0.3 is 6.18 Å². The maximum Gasteiger partial charge on any atom is 0.449 e. The standard InChI is InChI=1S/C16H15F3N6O/c1-9-12(25-5-2-4-20-15(25)21-9)8-24-6-3-11-10(7-24)13(26)23-14(22-11)16(17,18)19/h2,4-5H,3,6-8H2,1H3,(H,22,23,26). The van der Waals surface area contributed by atoms with Gasteiger partial charge in [0, 0.05) is 38.4 Å². The number of H-pyrrole nitrogens is 1. The van der Waals surface area contributed by atoms with Crippen molar-refractivity contribution >= 4 is 5.78 Å². The summed E-state index contributed by atoms with van der Waals surface area (Å²) in [7, 11) is 0. The number of hydrogen-bond donors (Lipinski definition) is 1. The first kappa shape index (κ1) is 16.7. The van der Waals surface area contributed by atoms with Crippen LogP contribution in [0, 0.1) is 6.92 Å². The number of aromatic nitrogens is 5. The summed E-state index contributed by atoms with van der Waals surface area (Å²) < 4.78 is 40.3. The number of alkyl halides is 3. The lowest BCUT2D eigenvalue weighted by atomic mass is 10.1. The van der Waals surface area contributed by atoms with E-state index in [1.165, 1.54) is 0 Å². The molecule has 0 radical (unpaired) electrons. The first-order valence-corrected chi connectivity index (χ1v) is 8.03. The van der Waals surface area contributed by atoms with Gasteiger partial charge in [0.25, 0.3) is 5.56 Å². The van der Waals surface area contributed by atoms with Crippen LogP contribution in [0.25, 0.3) is 5.78 Å². The zero-order valence-electron chi connectivity index (χ0n) is 13.8. The molecular formula is C16H15F3N6O. The van der Waals surface area contributed by atoms with Gasteiger partial charge in [0.2, 0.25) is 11.6 Å². The molecule has 7 nitrogen and oxygen atoms in total. The average Bonchev–Trinajstić information content (AvgIpc) is 2.90. The van der Waals surface area contributed by atoms with Crippen LogP contribution in [-0.4, -0.2) is 35.8 Å². The fraction of sp³-hybridized carbons (Fsp3) is 0.375. The van der Waals surface area contributed by atoms with Crippen LogP contribution in [0.15, 0.2) is 23.3 Å². The van der Waals surface area contributed by atoms with E-state index in [-0.39, 0.29) is 24.2 Å². The van der Waals surface area contributed by atoms with Gasteiger partial charge in [-0.15, -0.1) is 0 Å². The van der Waals surface area contributed by atoms with Crippen molar-refractivity contribution in [3.05, 3.63) is 57.3 Å². The number of hydrogen-bond acceptors (Lipinski definition) is 5. The fourth-order valence-corrected chi connectivity index (χ4v) is 3.20. The topological polar surface area (TPSA) is 79.2 Å². The monoisotopic (exact) mass is 364 g/mol. The molecule has 1 aliphatic rings. The lowest BCUT2D eigenvalue weighted by molar-refractivity contribution is -0.145. The molecule has 0 spiro atoms. The van der Waals surface area contributed by atoms with Crippen molar-refractivity contribution in [2.75, 3.05) is 6.54 Å². The minimum absolute atomic E-state index is 0.217. The van der Waals surface area contributed by atoms with Crippen LogP contribution in [0.1, 0.15) is 28.5 Å². The van der Waals surface area contributed by atoms with Gasteiger partial charge < -0.3 is 4.98 Å². The van der Waals surface area contributed by atoms with E-state index in [0.29, 0.717) is 18.9 Å². The Bertz CT molecular complexity index is 1040. The molecule has 26 heavy (non-hydrogen) atoms. The summed E-state index contributed by atoms with van der Waals surface area (Å²) in [5, 5.41) is 0. The first-order valence-electron chi connectivity index (χ1n) is 8.03. The molecule has 3 aromatic rings. The molecule has 1 aliphatic heterocycles. The van der Waals surface area contributed by atoms with E-state index in [1.54, 1.807) is 12.3 Å². The highest BCUT2D eigenvalue weighted by atomic mass is 19.4. The van der Waals surface area contributed by atoms with Crippen LogP contribution in [0.5, 0.6) is 0 Å². The smallest absolute Gasteiger partial charge is 0.303 e. The third-order valence-corrected chi connectivity index (χ3v) is 4.49.